The highest BCUT2D eigenvalue weighted by molar-refractivity contribution is 7.93. The van der Waals surface area contributed by atoms with Crippen molar-refractivity contribution in [3.05, 3.63) is 59.7 Å². The lowest BCUT2D eigenvalue weighted by molar-refractivity contribution is -0.126. The maximum absolute atomic E-state index is 13.0. The van der Waals surface area contributed by atoms with Gasteiger partial charge < -0.3 is 9.64 Å². The van der Waals surface area contributed by atoms with E-state index in [-0.39, 0.29) is 23.3 Å². The molecule has 1 amide bonds. The average Bonchev–Trinajstić information content (AvgIpc) is 3.25. The number of sulfonamides is 1. The topological polar surface area (TPSA) is 84.0 Å². The summed E-state index contributed by atoms with van der Waals surface area (Å²) >= 11 is 0. The molecule has 0 aliphatic carbocycles. The van der Waals surface area contributed by atoms with Gasteiger partial charge in [0.2, 0.25) is 10.0 Å². The van der Waals surface area contributed by atoms with Crippen LogP contribution in [-0.2, 0) is 26.0 Å². The molecule has 2 aromatic carbocycles. The van der Waals surface area contributed by atoms with Crippen LogP contribution in [0.5, 0.6) is 0 Å². The molecule has 2 aliphatic heterocycles. The Balaban J connectivity index is 1.44. The van der Waals surface area contributed by atoms with Crippen molar-refractivity contribution in [2.24, 2.45) is 0 Å². The maximum Gasteiger partial charge on any atom is 0.338 e. The molecule has 2 atom stereocenters. The molecule has 8 heteroatoms. The molecule has 1 saturated heterocycles. The third-order valence-electron chi connectivity index (χ3n) is 5.57. The van der Waals surface area contributed by atoms with Crippen LogP contribution in [0.1, 0.15) is 36.2 Å². The Kier molecular flexibility index (Phi) is 5.27. The maximum atomic E-state index is 13.0. The SMILES string of the molecule is C[C@H](OC(=O)c1ccc(N2CCCS2(=O)=O)cc1)C(=O)N1c2ccccc2C[C@@H]1C. The number of hydrogen-bond acceptors (Lipinski definition) is 5. The fraction of sp³-hybridized carbons (Fsp3) is 0.364. The van der Waals surface area contributed by atoms with Gasteiger partial charge in [0.15, 0.2) is 6.10 Å². The fourth-order valence-electron chi connectivity index (χ4n) is 4.07. The highest BCUT2D eigenvalue weighted by Crippen LogP contribution is 2.32. The van der Waals surface area contributed by atoms with Crippen LogP contribution in [0.15, 0.2) is 48.5 Å². The van der Waals surface area contributed by atoms with Gasteiger partial charge in [0.1, 0.15) is 0 Å². The number of amides is 1. The summed E-state index contributed by atoms with van der Waals surface area (Å²) in [6.07, 6.45) is 0.414. The number of para-hydroxylation sites is 1. The zero-order chi connectivity index (χ0) is 21.5. The molecular weight excluding hydrogens is 404 g/mol. The minimum Gasteiger partial charge on any atom is -0.449 e. The third kappa shape index (κ3) is 3.67. The Morgan fingerprint density at radius 3 is 2.47 bits per heavy atom. The van der Waals surface area contributed by atoms with Crippen molar-refractivity contribution in [2.75, 3.05) is 21.5 Å². The van der Waals surface area contributed by atoms with E-state index in [1.807, 2.05) is 31.2 Å². The van der Waals surface area contributed by atoms with Gasteiger partial charge in [-0.15, -0.1) is 0 Å². The number of esters is 1. The van der Waals surface area contributed by atoms with E-state index >= 15 is 0 Å². The second-order valence-electron chi connectivity index (χ2n) is 7.73. The molecule has 4 rings (SSSR count). The number of ether oxygens (including phenoxy) is 1. The van der Waals surface area contributed by atoms with Crippen molar-refractivity contribution < 1.29 is 22.7 Å². The smallest absolute Gasteiger partial charge is 0.338 e. The molecule has 0 bridgehead atoms. The molecule has 2 aliphatic rings. The highest BCUT2D eigenvalue weighted by Gasteiger charge is 2.34. The highest BCUT2D eigenvalue weighted by atomic mass is 32.2. The van der Waals surface area contributed by atoms with E-state index in [0.29, 0.717) is 18.7 Å². The van der Waals surface area contributed by atoms with Gasteiger partial charge in [0.25, 0.3) is 5.91 Å². The van der Waals surface area contributed by atoms with E-state index in [1.54, 1.807) is 24.0 Å². The van der Waals surface area contributed by atoms with Crippen LogP contribution in [-0.4, -0.2) is 44.7 Å². The number of hydrogen-bond donors (Lipinski definition) is 0. The van der Waals surface area contributed by atoms with Gasteiger partial charge in [-0.05, 0) is 62.6 Å². The molecule has 2 aromatic rings. The Bertz CT molecular complexity index is 1080. The quantitative estimate of drug-likeness (QED) is 0.699. The average molecular weight is 429 g/mol. The van der Waals surface area contributed by atoms with Gasteiger partial charge in [-0.25, -0.2) is 13.2 Å². The molecule has 0 N–H and O–H groups in total. The second kappa shape index (κ2) is 7.75. The summed E-state index contributed by atoms with van der Waals surface area (Å²) in [5.41, 5.74) is 2.75. The van der Waals surface area contributed by atoms with E-state index in [2.05, 4.69) is 0 Å². The summed E-state index contributed by atoms with van der Waals surface area (Å²) in [7, 11) is -3.28. The Labute approximate surface area is 176 Å². The molecule has 0 radical (unpaired) electrons. The number of anilines is 2. The largest absolute Gasteiger partial charge is 0.449 e. The monoisotopic (exact) mass is 428 g/mol. The molecule has 158 valence electrons. The summed E-state index contributed by atoms with van der Waals surface area (Å²) in [6, 6.07) is 13.9. The number of fused-ring (bicyclic) bond motifs is 1. The Morgan fingerprint density at radius 1 is 1.10 bits per heavy atom. The van der Waals surface area contributed by atoms with Crippen LogP contribution in [0.4, 0.5) is 11.4 Å². The predicted octanol–water partition coefficient (Wildman–Crippen LogP) is 2.75. The number of carbonyl (C=O) groups excluding carboxylic acids is 2. The minimum absolute atomic E-state index is 0.00209. The molecule has 7 nitrogen and oxygen atoms in total. The molecule has 0 unspecified atom stereocenters. The summed E-state index contributed by atoms with van der Waals surface area (Å²) in [5, 5.41) is 0. The van der Waals surface area contributed by atoms with Crippen LogP contribution in [0.2, 0.25) is 0 Å². The summed E-state index contributed by atoms with van der Waals surface area (Å²) < 4.78 is 30.8. The van der Waals surface area contributed by atoms with E-state index < -0.39 is 22.1 Å². The van der Waals surface area contributed by atoms with Crippen LogP contribution in [0, 0.1) is 0 Å². The first kappa shape index (κ1) is 20.4. The summed E-state index contributed by atoms with van der Waals surface area (Å²) in [6.45, 7) is 3.98. The van der Waals surface area contributed by atoms with Gasteiger partial charge >= 0.3 is 5.97 Å². The van der Waals surface area contributed by atoms with Crippen LogP contribution in [0.25, 0.3) is 0 Å². The van der Waals surface area contributed by atoms with E-state index in [1.165, 1.54) is 16.4 Å². The van der Waals surface area contributed by atoms with Crippen molar-refractivity contribution in [1.29, 1.82) is 0 Å². The van der Waals surface area contributed by atoms with E-state index in [0.717, 1.165) is 17.7 Å². The van der Waals surface area contributed by atoms with Crippen molar-refractivity contribution in [3.63, 3.8) is 0 Å². The van der Waals surface area contributed by atoms with Crippen LogP contribution >= 0.6 is 0 Å². The number of rotatable bonds is 4. The molecule has 0 saturated carbocycles. The Morgan fingerprint density at radius 2 is 1.80 bits per heavy atom. The molecular formula is C22H24N2O5S. The number of benzene rings is 2. The first-order valence-corrected chi connectivity index (χ1v) is 11.6. The second-order valence-corrected chi connectivity index (χ2v) is 9.74. The normalized spacial score (nSPS) is 20.7. The predicted molar refractivity (Wildman–Crippen MR) is 114 cm³/mol. The lowest BCUT2D eigenvalue weighted by Crippen LogP contribution is -2.43. The first-order valence-electron chi connectivity index (χ1n) is 10.0. The molecule has 30 heavy (non-hydrogen) atoms. The lowest BCUT2D eigenvalue weighted by Gasteiger charge is -2.26. The zero-order valence-corrected chi connectivity index (χ0v) is 17.8. The third-order valence-corrected chi connectivity index (χ3v) is 7.44. The zero-order valence-electron chi connectivity index (χ0n) is 16.9. The van der Waals surface area contributed by atoms with Crippen LogP contribution < -0.4 is 9.21 Å². The van der Waals surface area contributed by atoms with E-state index in [9.17, 15) is 18.0 Å². The molecule has 1 fully saturated rings. The van der Waals surface area contributed by atoms with Gasteiger partial charge in [0, 0.05) is 18.3 Å². The van der Waals surface area contributed by atoms with Gasteiger partial charge in [-0.2, -0.15) is 0 Å². The van der Waals surface area contributed by atoms with Crippen molar-refractivity contribution >= 4 is 33.3 Å². The Hall–Kier alpha value is -2.87. The summed E-state index contributed by atoms with van der Waals surface area (Å²) in [5.74, 6) is -0.749. The van der Waals surface area contributed by atoms with Crippen molar-refractivity contribution in [3.8, 4) is 0 Å². The number of carbonyl (C=O) groups is 2. The van der Waals surface area contributed by atoms with Crippen molar-refractivity contribution in [2.45, 2.75) is 38.8 Å². The van der Waals surface area contributed by atoms with Gasteiger partial charge in [0.05, 0.1) is 17.0 Å². The minimum atomic E-state index is -3.28. The van der Waals surface area contributed by atoms with Gasteiger partial charge in [-0.1, -0.05) is 18.2 Å². The van der Waals surface area contributed by atoms with Gasteiger partial charge in [-0.3, -0.25) is 9.10 Å². The lowest BCUT2D eigenvalue weighted by atomic mass is 10.1. The first-order chi connectivity index (χ1) is 14.3. The molecule has 0 spiro atoms. The van der Waals surface area contributed by atoms with Crippen molar-refractivity contribution in [1.82, 2.24) is 0 Å². The fourth-order valence-corrected chi connectivity index (χ4v) is 5.63. The molecule has 2 heterocycles. The molecule has 0 aromatic heterocycles. The summed E-state index contributed by atoms with van der Waals surface area (Å²) in [4.78, 5) is 27.2. The van der Waals surface area contributed by atoms with E-state index in [4.69, 9.17) is 4.74 Å². The standard InChI is InChI=1S/C22H24N2O5S/c1-15-14-18-6-3-4-7-20(18)24(15)21(25)16(2)29-22(26)17-8-10-19(11-9-17)23-12-5-13-30(23,27)28/h3-4,6-11,15-16H,5,12-14H2,1-2H3/t15-,16-/m0/s1. The number of nitrogens with zero attached hydrogens (tertiary/aromatic N) is 2. The van der Waals surface area contributed by atoms with Crippen LogP contribution in [0.3, 0.4) is 0 Å².